The van der Waals surface area contributed by atoms with Gasteiger partial charge in [-0.3, -0.25) is 4.79 Å². The van der Waals surface area contributed by atoms with E-state index in [1.54, 1.807) is 44.2 Å². The number of phenols is 1. The average Bonchev–Trinajstić information content (AvgIpc) is 2.66. The fourth-order valence-corrected chi connectivity index (χ4v) is 2.73. The lowest BCUT2D eigenvalue weighted by molar-refractivity contribution is -0.154. The molecule has 1 unspecified atom stereocenters. The number of aryl methyl sites for hydroxylation is 1. The van der Waals surface area contributed by atoms with Crippen LogP contribution in [0.25, 0.3) is 10.9 Å². The van der Waals surface area contributed by atoms with Crippen LogP contribution < -0.4 is 10.1 Å². The minimum absolute atomic E-state index is 0.0283. The van der Waals surface area contributed by atoms with Gasteiger partial charge < -0.3 is 15.2 Å². The molecule has 1 aromatic carbocycles. The van der Waals surface area contributed by atoms with E-state index >= 15 is 0 Å². The molecule has 0 aliphatic rings. The lowest BCUT2D eigenvalue weighted by atomic mass is 10.1. The fourth-order valence-electron chi connectivity index (χ4n) is 2.73. The van der Waals surface area contributed by atoms with E-state index in [0.717, 1.165) is 0 Å². The van der Waals surface area contributed by atoms with Crippen molar-refractivity contribution in [3.05, 3.63) is 59.4 Å². The van der Waals surface area contributed by atoms with Gasteiger partial charge in [0.25, 0.3) is 5.91 Å². The van der Waals surface area contributed by atoms with Crippen LogP contribution in [0.2, 0.25) is 0 Å². The fraction of sp³-hybridized carbons (Fsp3) is 0.250. The Balaban J connectivity index is 1.72. The average molecular weight is 405 g/mol. The zero-order valence-electron chi connectivity index (χ0n) is 15.6. The summed E-state index contributed by atoms with van der Waals surface area (Å²) in [6.07, 6.45) is -3.10. The Bertz CT molecular complexity index is 1050. The molecule has 1 amide bonds. The first kappa shape index (κ1) is 20.4. The molecule has 9 heteroatoms. The van der Waals surface area contributed by atoms with Crippen LogP contribution in [0.15, 0.2) is 42.6 Å². The number of ether oxygens (including phenoxy) is 1. The predicted octanol–water partition coefficient (Wildman–Crippen LogP) is 4.08. The van der Waals surface area contributed by atoms with Gasteiger partial charge in [0.1, 0.15) is 17.0 Å². The SMILES string of the molecule is Cc1cc(C(C)NC(=O)c2ccc3cccc(O)c3n2)cnc1OCC(F)(F)F. The maximum Gasteiger partial charge on any atom is 0.422 e. The zero-order chi connectivity index (χ0) is 21.2. The molecule has 0 saturated heterocycles. The molecule has 1 atom stereocenters. The number of rotatable bonds is 5. The first-order chi connectivity index (χ1) is 13.6. The summed E-state index contributed by atoms with van der Waals surface area (Å²) in [4.78, 5) is 20.6. The number of hydrogen-bond donors (Lipinski definition) is 2. The molecule has 2 heterocycles. The molecule has 0 aliphatic carbocycles. The number of nitrogens with zero attached hydrogens (tertiary/aromatic N) is 2. The molecule has 0 bridgehead atoms. The number of aromatic hydroxyl groups is 1. The maximum absolute atomic E-state index is 12.5. The summed E-state index contributed by atoms with van der Waals surface area (Å²) in [6, 6.07) is 9.27. The second-order valence-electron chi connectivity index (χ2n) is 6.54. The Kier molecular flexibility index (Phi) is 5.58. The number of carbonyl (C=O) groups excluding carboxylic acids is 1. The number of para-hydroxylation sites is 1. The van der Waals surface area contributed by atoms with Crippen molar-refractivity contribution in [2.24, 2.45) is 0 Å². The van der Waals surface area contributed by atoms with Crippen LogP contribution in [0, 0.1) is 6.92 Å². The third-order valence-corrected chi connectivity index (χ3v) is 4.20. The number of alkyl halides is 3. The first-order valence-corrected chi connectivity index (χ1v) is 8.70. The topological polar surface area (TPSA) is 84.3 Å². The number of carbonyl (C=O) groups is 1. The molecule has 0 saturated carbocycles. The number of pyridine rings is 2. The van der Waals surface area contributed by atoms with Crippen molar-refractivity contribution >= 4 is 16.8 Å². The number of phenolic OH excluding ortho intramolecular Hbond substituents is 1. The largest absolute Gasteiger partial charge is 0.506 e. The number of benzene rings is 1. The zero-order valence-corrected chi connectivity index (χ0v) is 15.6. The van der Waals surface area contributed by atoms with E-state index in [4.69, 9.17) is 0 Å². The Morgan fingerprint density at radius 1 is 1.28 bits per heavy atom. The summed E-state index contributed by atoms with van der Waals surface area (Å²) in [7, 11) is 0. The van der Waals surface area contributed by atoms with E-state index in [2.05, 4.69) is 20.0 Å². The molecule has 0 fully saturated rings. The predicted molar refractivity (Wildman–Crippen MR) is 99.8 cm³/mol. The van der Waals surface area contributed by atoms with E-state index in [1.807, 2.05) is 0 Å². The summed E-state index contributed by atoms with van der Waals surface area (Å²) in [5, 5.41) is 13.4. The molecule has 152 valence electrons. The van der Waals surface area contributed by atoms with Crippen molar-refractivity contribution in [1.82, 2.24) is 15.3 Å². The second-order valence-corrected chi connectivity index (χ2v) is 6.54. The van der Waals surface area contributed by atoms with Gasteiger partial charge in [-0.2, -0.15) is 13.2 Å². The van der Waals surface area contributed by atoms with Gasteiger partial charge in [0.05, 0.1) is 6.04 Å². The first-order valence-electron chi connectivity index (χ1n) is 8.70. The highest BCUT2D eigenvalue weighted by molar-refractivity contribution is 5.96. The highest BCUT2D eigenvalue weighted by atomic mass is 19.4. The smallest absolute Gasteiger partial charge is 0.422 e. The number of amides is 1. The van der Waals surface area contributed by atoms with Crippen LogP contribution in [-0.4, -0.2) is 33.8 Å². The Labute approximate surface area is 164 Å². The molecule has 0 aliphatic heterocycles. The molecule has 0 spiro atoms. The summed E-state index contributed by atoms with van der Waals surface area (Å²) >= 11 is 0. The summed E-state index contributed by atoms with van der Waals surface area (Å²) in [5.41, 5.74) is 1.46. The Hall–Kier alpha value is -3.36. The van der Waals surface area contributed by atoms with Crippen molar-refractivity contribution in [1.29, 1.82) is 0 Å². The van der Waals surface area contributed by atoms with E-state index in [0.29, 0.717) is 22.0 Å². The number of hydrogen-bond acceptors (Lipinski definition) is 5. The van der Waals surface area contributed by atoms with Gasteiger partial charge in [0.15, 0.2) is 6.61 Å². The molecule has 29 heavy (non-hydrogen) atoms. The highest BCUT2D eigenvalue weighted by Gasteiger charge is 2.29. The van der Waals surface area contributed by atoms with Crippen molar-refractivity contribution in [2.45, 2.75) is 26.1 Å². The van der Waals surface area contributed by atoms with Crippen LogP contribution in [0.4, 0.5) is 13.2 Å². The molecule has 0 radical (unpaired) electrons. The summed E-state index contributed by atoms with van der Waals surface area (Å²) in [6.45, 7) is 1.86. The normalized spacial score (nSPS) is 12.6. The summed E-state index contributed by atoms with van der Waals surface area (Å²) < 4.78 is 41.5. The molecule has 2 aromatic heterocycles. The van der Waals surface area contributed by atoms with Crippen LogP contribution in [0.1, 0.15) is 34.6 Å². The van der Waals surface area contributed by atoms with Crippen LogP contribution in [0.3, 0.4) is 0 Å². The van der Waals surface area contributed by atoms with Crippen molar-refractivity contribution in [3.8, 4) is 11.6 Å². The van der Waals surface area contributed by atoms with Crippen LogP contribution in [0.5, 0.6) is 11.6 Å². The minimum atomic E-state index is -4.45. The van der Waals surface area contributed by atoms with Gasteiger partial charge in [0, 0.05) is 17.1 Å². The van der Waals surface area contributed by atoms with Crippen LogP contribution in [-0.2, 0) is 0 Å². The third-order valence-electron chi connectivity index (χ3n) is 4.20. The Morgan fingerprint density at radius 2 is 2.03 bits per heavy atom. The van der Waals surface area contributed by atoms with Crippen molar-refractivity contribution in [2.75, 3.05) is 6.61 Å². The van der Waals surface area contributed by atoms with Crippen molar-refractivity contribution < 1.29 is 27.8 Å². The monoisotopic (exact) mass is 405 g/mol. The van der Waals surface area contributed by atoms with Crippen LogP contribution >= 0.6 is 0 Å². The van der Waals surface area contributed by atoms with Gasteiger partial charge in [-0.25, -0.2) is 9.97 Å². The number of fused-ring (bicyclic) bond motifs is 1. The Morgan fingerprint density at radius 3 is 2.72 bits per heavy atom. The quantitative estimate of drug-likeness (QED) is 0.668. The van der Waals surface area contributed by atoms with E-state index < -0.39 is 24.7 Å². The second kappa shape index (κ2) is 7.94. The number of aromatic nitrogens is 2. The van der Waals surface area contributed by atoms with Gasteiger partial charge in [0.2, 0.25) is 5.88 Å². The molecular formula is C20H18F3N3O3. The number of nitrogens with one attached hydrogen (secondary N) is 1. The number of halogens is 3. The summed E-state index contributed by atoms with van der Waals surface area (Å²) in [5.74, 6) is -0.603. The van der Waals surface area contributed by atoms with E-state index in [9.17, 15) is 23.1 Å². The molecular weight excluding hydrogens is 387 g/mol. The maximum atomic E-state index is 12.5. The standard InChI is InChI=1S/C20H18F3N3O3/c1-11-8-14(9-24-19(11)29-10-20(21,22)23)12(2)25-18(28)15-7-6-13-4-3-5-16(27)17(13)26-15/h3-9,12,27H,10H2,1-2H3,(H,25,28). The van der Waals surface area contributed by atoms with E-state index in [-0.39, 0.29) is 17.3 Å². The van der Waals surface area contributed by atoms with Crippen molar-refractivity contribution in [3.63, 3.8) is 0 Å². The van der Waals surface area contributed by atoms with Gasteiger partial charge in [-0.1, -0.05) is 18.2 Å². The van der Waals surface area contributed by atoms with E-state index in [1.165, 1.54) is 12.3 Å². The third kappa shape index (κ3) is 4.92. The lowest BCUT2D eigenvalue weighted by Gasteiger charge is -2.16. The lowest BCUT2D eigenvalue weighted by Crippen LogP contribution is -2.27. The molecule has 3 rings (SSSR count). The highest BCUT2D eigenvalue weighted by Crippen LogP contribution is 2.24. The van der Waals surface area contributed by atoms with Gasteiger partial charge in [-0.15, -0.1) is 0 Å². The molecule has 2 N–H and O–H groups in total. The molecule has 3 aromatic rings. The minimum Gasteiger partial charge on any atom is -0.506 e. The molecule has 6 nitrogen and oxygen atoms in total. The van der Waals surface area contributed by atoms with Gasteiger partial charge in [-0.05, 0) is 37.6 Å². The van der Waals surface area contributed by atoms with Gasteiger partial charge >= 0.3 is 6.18 Å².